The fourth-order valence-corrected chi connectivity index (χ4v) is 5.74. The summed E-state index contributed by atoms with van der Waals surface area (Å²) < 4.78 is 23.9. The highest BCUT2D eigenvalue weighted by Gasteiger charge is 2.48. The molecule has 5 unspecified atom stereocenters. The summed E-state index contributed by atoms with van der Waals surface area (Å²) in [5.74, 6) is 2.14. The summed E-state index contributed by atoms with van der Waals surface area (Å²) in [6.07, 6.45) is 1.38. The van der Waals surface area contributed by atoms with Gasteiger partial charge in [0.15, 0.2) is 0 Å². The second-order valence-corrected chi connectivity index (χ2v) is 10.7. The Morgan fingerprint density at radius 2 is 1.38 bits per heavy atom. The molecule has 0 spiro atoms. The normalized spacial score (nSPS) is 21.2. The van der Waals surface area contributed by atoms with Crippen LogP contribution in [0.4, 0.5) is 0 Å². The summed E-state index contributed by atoms with van der Waals surface area (Å²) in [6.45, 7) is 19.1. The van der Waals surface area contributed by atoms with Crippen LogP contribution in [-0.2, 0) is 19.1 Å². The SMILES string of the molecule is C=C(C)C(=O)OC(C)COc1c2c(c(OCC(C)OC(=O)C(=C)C)c3c(C)cccc13)C1CCC2C1C. The quantitative estimate of drug-likeness (QED) is 0.269. The van der Waals surface area contributed by atoms with Gasteiger partial charge in [0.25, 0.3) is 0 Å². The summed E-state index contributed by atoms with van der Waals surface area (Å²) in [6, 6.07) is 6.17. The van der Waals surface area contributed by atoms with Gasteiger partial charge in [-0.25, -0.2) is 9.59 Å². The zero-order valence-corrected chi connectivity index (χ0v) is 22.8. The molecule has 198 valence electrons. The molecular weight excluding hydrogens is 468 g/mol. The van der Waals surface area contributed by atoms with Gasteiger partial charge in [-0.1, -0.05) is 38.3 Å². The van der Waals surface area contributed by atoms with Crippen molar-refractivity contribution in [2.75, 3.05) is 13.2 Å². The molecule has 0 N–H and O–H groups in total. The van der Waals surface area contributed by atoms with Gasteiger partial charge in [-0.3, -0.25) is 0 Å². The molecule has 0 amide bonds. The van der Waals surface area contributed by atoms with Gasteiger partial charge in [-0.05, 0) is 70.8 Å². The third kappa shape index (κ3) is 5.11. The van der Waals surface area contributed by atoms with E-state index in [0.29, 0.717) is 28.9 Å². The standard InChI is InChI=1S/C31H38O6/c1-16(2)30(32)36-19(6)14-34-28-24-11-9-10-18(5)25(24)29(35-15-20(7)37-31(33)17(3)4)27-23-13-12-22(21(23)8)26(27)28/h9-11,19-23H,1,3,12-15H2,2,4-8H3. The van der Waals surface area contributed by atoms with E-state index < -0.39 is 24.1 Å². The number of benzene rings is 2. The van der Waals surface area contributed by atoms with Crippen LogP contribution >= 0.6 is 0 Å². The number of carbonyl (C=O) groups is 2. The first-order valence-corrected chi connectivity index (χ1v) is 13.1. The Balaban J connectivity index is 1.73. The average molecular weight is 507 g/mol. The van der Waals surface area contributed by atoms with Crippen molar-refractivity contribution < 1.29 is 28.5 Å². The predicted octanol–water partition coefficient (Wildman–Crippen LogP) is 6.53. The van der Waals surface area contributed by atoms with Gasteiger partial charge in [-0.2, -0.15) is 0 Å². The molecule has 2 aliphatic carbocycles. The van der Waals surface area contributed by atoms with Crippen molar-refractivity contribution in [3.8, 4) is 11.5 Å². The fraction of sp³-hybridized carbons (Fsp3) is 0.484. The highest BCUT2D eigenvalue weighted by atomic mass is 16.6. The maximum atomic E-state index is 12.0. The van der Waals surface area contributed by atoms with Crippen LogP contribution < -0.4 is 9.47 Å². The van der Waals surface area contributed by atoms with Crippen molar-refractivity contribution in [2.24, 2.45) is 5.92 Å². The van der Waals surface area contributed by atoms with E-state index >= 15 is 0 Å². The van der Waals surface area contributed by atoms with E-state index in [2.05, 4.69) is 39.1 Å². The lowest BCUT2D eigenvalue weighted by Crippen LogP contribution is -2.24. The van der Waals surface area contributed by atoms with Crippen LogP contribution in [0.2, 0.25) is 0 Å². The maximum Gasteiger partial charge on any atom is 0.333 e. The van der Waals surface area contributed by atoms with Gasteiger partial charge in [-0.15, -0.1) is 0 Å². The summed E-state index contributed by atoms with van der Waals surface area (Å²) in [5.41, 5.74) is 4.24. The molecule has 0 aromatic heterocycles. The lowest BCUT2D eigenvalue weighted by Gasteiger charge is -2.27. The lowest BCUT2D eigenvalue weighted by molar-refractivity contribution is -0.145. The number of fused-ring (bicyclic) bond motifs is 6. The van der Waals surface area contributed by atoms with E-state index in [4.69, 9.17) is 18.9 Å². The van der Waals surface area contributed by atoms with E-state index in [-0.39, 0.29) is 13.2 Å². The zero-order chi connectivity index (χ0) is 27.0. The van der Waals surface area contributed by atoms with Crippen molar-refractivity contribution in [2.45, 2.75) is 78.4 Å². The van der Waals surface area contributed by atoms with Gasteiger partial charge < -0.3 is 18.9 Å². The van der Waals surface area contributed by atoms with Gasteiger partial charge in [0, 0.05) is 33.0 Å². The largest absolute Gasteiger partial charge is 0.489 e. The van der Waals surface area contributed by atoms with Crippen LogP contribution in [0.5, 0.6) is 11.5 Å². The van der Waals surface area contributed by atoms with Gasteiger partial charge >= 0.3 is 11.9 Å². The molecule has 0 aliphatic heterocycles. The second-order valence-electron chi connectivity index (χ2n) is 10.7. The minimum Gasteiger partial charge on any atom is -0.489 e. The Bertz CT molecular complexity index is 1260. The molecule has 2 bridgehead atoms. The molecular formula is C31H38O6. The number of hydrogen-bond donors (Lipinski definition) is 0. The molecule has 37 heavy (non-hydrogen) atoms. The number of ether oxygens (including phenoxy) is 4. The molecule has 2 aliphatic rings. The minimum absolute atomic E-state index is 0.244. The fourth-order valence-electron chi connectivity index (χ4n) is 5.74. The van der Waals surface area contributed by atoms with E-state index in [1.54, 1.807) is 13.8 Å². The highest BCUT2D eigenvalue weighted by Crippen LogP contribution is 2.64. The first-order valence-electron chi connectivity index (χ1n) is 13.1. The second kappa shape index (κ2) is 10.6. The first kappa shape index (κ1) is 26.8. The number of rotatable bonds is 10. The number of aryl methyl sites for hydroxylation is 1. The van der Waals surface area contributed by atoms with Crippen molar-refractivity contribution in [1.82, 2.24) is 0 Å². The van der Waals surface area contributed by atoms with Crippen molar-refractivity contribution in [1.29, 1.82) is 0 Å². The molecule has 1 fully saturated rings. The molecule has 4 rings (SSSR count). The summed E-state index contributed by atoms with van der Waals surface area (Å²) >= 11 is 0. The van der Waals surface area contributed by atoms with Crippen LogP contribution in [0, 0.1) is 12.8 Å². The molecule has 2 aromatic rings. The molecule has 0 radical (unpaired) electrons. The van der Waals surface area contributed by atoms with Crippen LogP contribution in [0.3, 0.4) is 0 Å². The van der Waals surface area contributed by atoms with Gasteiger partial charge in [0.2, 0.25) is 0 Å². The Labute approximate surface area is 219 Å². The van der Waals surface area contributed by atoms with Crippen LogP contribution in [0.15, 0.2) is 42.5 Å². The summed E-state index contributed by atoms with van der Waals surface area (Å²) in [5, 5.41) is 2.00. The van der Waals surface area contributed by atoms with E-state index in [9.17, 15) is 9.59 Å². The Morgan fingerprint density at radius 1 is 0.892 bits per heavy atom. The minimum atomic E-state index is -0.422. The number of carbonyl (C=O) groups excluding carboxylic acids is 2. The van der Waals surface area contributed by atoms with Crippen LogP contribution in [0.1, 0.15) is 76.0 Å². The van der Waals surface area contributed by atoms with Crippen LogP contribution in [-0.4, -0.2) is 37.4 Å². The molecule has 2 aromatic carbocycles. The topological polar surface area (TPSA) is 71.1 Å². The first-order chi connectivity index (χ1) is 17.5. The predicted molar refractivity (Wildman–Crippen MR) is 144 cm³/mol. The Kier molecular flexibility index (Phi) is 7.67. The Morgan fingerprint density at radius 3 is 1.89 bits per heavy atom. The van der Waals surface area contributed by atoms with Gasteiger partial charge in [0.1, 0.15) is 36.9 Å². The van der Waals surface area contributed by atoms with Crippen molar-refractivity contribution >= 4 is 22.7 Å². The van der Waals surface area contributed by atoms with E-state index in [0.717, 1.165) is 40.7 Å². The molecule has 0 heterocycles. The van der Waals surface area contributed by atoms with E-state index in [1.807, 2.05) is 19.9 Å². The molecule has 6 heteroatoms. The molecule has 1 saturated carbocycles. The molecule has 5 atom stereocenters. The van der Waals surface area contributed by atoms with Crippen LogP contribution in [0.25, 0.3) is 10.8 Å². The molecule has 6 nitrogen and oxygen atoms in total. The number of hydrogen-bond acceptors (Lipinski definition) is 6. The average Bonchev–Trinajstić information content (AvgIpc) is 3.33. The third-order valence-electron chi connectivity index (χ3n) is 7.56. The van der Waals surface area contributed by atoms with Gasteiger partial charge in [0.05, 0.1) is 0 Å². The third-order valence-corrected chi connectivity index (χ3v) is 7.56. The lowest BCUT2D eigenvalue weighted by atomic mass is 9.86. The maximum absolute atomic E-state index is 12.0. The highest BCUT2D eigenvalue weighted by molar-refractivity contribution is 5.99. The Hall–Kier alpha value is -3.28. The smallest absolute Gasteiger partial charge is 0.333 e. The van der Waals surface area contributed by atoms with E-state index in [1.165, 1.54) is 11.1 Å². The summed E-state index contributed by atoms with van der Waals surface area (Å²) in [4.78, 5) is 24.0. The molecule has 0 saturated heterocycles. The monoisotopic (exact) mass is 506 g/mol. The summed E-state index contributed by atoms with van der Waals surface area (Å²) in [7, 11) is 0. The van der Waals surface area contributed by atoms with Crippen molar-refractivity contribution in [3.63, 3.8) is 0 Å². The zero-order valence-electron chi connectivity index (χ0n) is 22.8. The number of esters is 2. The van der Waals surface area contributed by atoms with Crippen molar-refractivity contribution in [3.05, 3.63) is 59.2 Å².